The summed E-state index contributed by atoms with van der Waals surface area (Å²) in [5, 5.41) is 6.56. The van der Waals surface area contributed by atoms with Gasteiger partial charge < -0.3 is 15.5 Å². The molecule has 0 saturated heterocycles. The molecule has 2 rings (SSSR count). The van der Waals surface area contributed by atoms with Gasteiger partial charge >= 0.3 is 0 Å². The predicted octanol–water partition coefficient (Wildman–Crippen LogP) is 2.29. The molecule has 2 unspecified atom stereocenters. The molecular formula is C17H27N3O. The summed E-state index contributed by atoms with van der Waals surface area (Å²) >= 11 is 0. The van der Waals surface area contributed by atoms with Crippen LogP contribution in [0.2, 0.25) is 0 Å². The SMILES string of the molecule is CC(C)CC(CN(C)C)NC(=O)C1CNc2ccccc21. The average molecular weight is 289 g/mol. The fourth-order valence-corrected chi connectivity index (χ4v) is 3.01. The van der Waals surface area contributed by atoms with Crippen molar-refractivity contribution in [1.29, 1.82) is 0 Å². The van der Waals surface area contributed by atoms with Crippen LogP contribution < -0.4 is 10.6 Å². The third-order valence-corrected chi connectivity index (χ3v) is 3.84. The van der Waals surface area contributed by atoms with E-state index >= 15 is 0 Å². The Bertz CT molecular complexity index is 475. The van der Waals surface area contributed by atoms with Crippen LogP contribution in [0.25, 0.3) is 0 Å². The van der Waals surface area contributed by atoms with E-state index in [1.807, 2.05) is 38.4 Å². The molecule has 1 aromatic rings. The highest BCUT2D eigenvalue weighted by Gasteiger charge is 2.29. The number of nitrogens with one attached hydrogen (secondary N) is 2. The lowest BCUT2D eigenvalue weighted by Gasteiger charge is -2.25. The van der Waals surface area contributed by atoms with Crippen LogP contribution >= 0.6 is 0 Å². The first-order valence-electron chi connectivity index (χ1n) is 7.75. The molecule has 1 aliphatic rings. The van der Waals surface area contributed by atoms with Gasteiger partial charge in [-0.05, 0) is 38.1 Å². The van der Waals surface area contributed by atoms with Gasteiger partial charge in [-0.1, -0.05) is 32.0 Å². The molecule has 0 saturated carbocycles. The molecule has 4 nitrogen and oxygen atoms in total. The Kier molecular flexibility index (Phi) is 5.23. The van der Waals surface area contributed by atoms with Crippen molar-refractivity contribution in [3.63, 3.8) is 0 Å². The van der Waals surface area contributed by atoms with Crippen LogP contribution in [0.4, 0.5) is 5.69 Å². The first-order chi connectivity index (χ1) is 9.97. The number of benzene rings is 1. The zero-order chi connectivity index (χ0) is 15.4. The minimum atomic E-state index is -0.0713. The molecule has 1 heterocycles. The van der Waals surface area contributed by atoms with E-state index in [-0.39, 0.29) is 17.9 Å². The normalized spacial score (nSPS) is 18.5. The number of carbonyl (C=O) groups excluding carboxylic acids is 1. The summed E-state index contributed by atoms with van der Waals surface area (Å²) in [6.07, 6.45) is 1.01. The average Bonchev–Trinajstić information content (AvgIpc) is 2.80. The summed E-state index contributed by atoms with van der Waals surface area (Å²) in [5.74, 6) is 0.641. The van der Waals surface area contributed by atoms with Gasteiger partial charge in [0.2, 0.25) is 5.91 Å². The zero-order valence-corrected chi connectivity index (χ0v) is 13.5. The molecule has 21 heavy (non-hydrogen) atoms. The second-order valence-corrected chi connectivity index (χ2v) is 6.62. The first kappa shape index (κ1) is 15.8. The number of fused-ring (bicyclic) bond motifs is 1. The summed E-state index contributed by atoms with van der Waals surface area (Å²) in [5.41, 5.74) is 2.20. The van der Waals surface area contributed by atoms with E-state index in [9.17, 15) is 4.79 Å². The maximum Gasteiger partial charge on any atom is 0.229 e. The Morgan fingerprint density at radius 2 is 2.10 bits per heavy atom. The molecule has 0 aliphatic carbocycles. The molecule has 0 aromatic heterocycles. The Balaban J connectivity index is 2.02. The van der Waals surface area contributed by atoms with E-state index in [1.165, 1.54) is 0 Å². The second kappa shape index (κ2) is 6.94. The molecule has 1 aromatic carbocycles. The number of para-hydroxylation sites is 1. The van der Waals surface area contributed by atoms with Crippen LogP contribution in [0.5, 0.6) is 0 Å². The van der Waals surface area contributed by atoms with Gasteiger partial charge in [-0.15, -0.1) is 0 Å². The Labute approximate surface area is 127 Å². The van der Waals surface area contributed by atoms with Crippen molar-refractivity contribution in [2.45, 2.75) is 32.2 Å². The number of nitrogens with zero attached hydrogens (tertiary/aromatic N) is 1. The molecule has 116 valence electrons. The van der Waals surface area contributed by atoms with Gasteiger partial charge in [-0.2, -0.15) is 0 Å². The molecule has 0 bridgehead atoms. The van der Waals surface area contributed by atoms with Gasteiger partial charge in [0.1, 0.15) is 0 Å². The minimum Gasteiger partial charge on any atom is -0.384 e. The molecule has 1 amide bonds. The lowest BCUT2D eigenvalue weighted by atomic mass is 9.98. The van der Waals surface area contributed by atoms with Crippen molar-refractivity contribution in [2.75, 3.05) is 32.5 Å². The van der Waals surface area contributed by atoms with Gasteiger partial charge in [-0.3, -0.25) is 4.79 Å². The third-order valence-electron chi connectivity index (χ3n) is 3.84. The lowest BCUT2D eigenvalue weighted by molar-refractivity contribution is -0.123. The fourth-order valence-electron chi connectivity index (χ4n) is 3.01. The van der Waals surface area contributed by atoms with Crippen molar-refractivity contribution < 1.29 is 4.79 Å². The van der Waals surface area contributed by atoms with E-state index in [4.69, 9.17) is 0 Å². The van der Waals surface area contributed by atoms with Crippen LogP contribution in [-0.4, -0.2) is 44.0 Å². The van der Waals surface area contributed by atoms with Crippen molar-refractivity contribution >= 4 is 11.6 Å². The summed E-state index contributed by atoms with van der Waals surface area (Å²) in [6, 6.07) is 8.29. The number of hydrogen-bond donors (Lipinski definition) is 2. The van der Waals surface area contributed by atoms with E-state index in [1.54, 1.807) is 0 Å². The topological polar surface area (TPSA) is 44.4 Å². The van der Waals surface area contributed by atoms with Crippen LogP contribution in [0.1, 0.15) is 31.7 Å². The summed E-state index contributed by atoms with van der Waals surface area (Å²) in [7, 11) is 4.10. The van der Waals surface area contributed by atoms with Gasteiger partial charge in [0.25, 0.3) is 0 Å². The highest BCUT2D eigenvalue weighted by atomic mass is 16.2. The minimum absolute atomic E-state index is 0.0713. The molecule has 4 heteroatoms. The van der Waals surface area contributed by atoms with Crippen LogP contribution in [0, 0.1) is 5.92 Å². The number of amides is 1. The summed E-state index contributed by atoms with van der Waals surface area (Å²) < 4.78 is 0. The molecular weight excluding hydrogens is 262 g/mol. The van der Waals surface area contributed by atoms with Gasteiger partial charge in [0.05, 0.1) is 5.92 Å². The molecule has 0 radical (unpaired) electrons. The predicted molar refractivity (Wildman–Crippen MR) is 87.6 cm³/mol. The van der Waals surface area contributed by atoms with E-state index in [0.29, 0.717) is 12.5 Å². The van der Waals surface area contributed by atoms with Gasteiger partial charge in [0.15, 0.2) is 0 Å². The smallest absolute Gasteiger partial charge is 0.229 e. The summed E-state index contributed by atoms with van der Waals surface area (Å²) in [4.78, 5) is 14.7. The molecule has 1 aliphatic heterocycles. The van der Waals surface area contributed by atoms with Crippen LogP contribution in [0.15, 0.2) is 24.3 Å². The first-order valence-corrected chi connectivity index (χ1v) is 7.75. The van der Waals surface area contributed by atoms with Crippen molar-refractivity contribution in [3.05, 3.63) is 29.8 Å². The van der Waals surface area contributed by atoms with Crippen LogP contribution in [-0.2, 0) is 4.79 Å². The molecule has 0 spiro atoms. The number of hydrogen-bond acceptors (Lipinski definition) is 3. The van der Waals surface area contributed by atoms with Crippen molar-refractivity contribution in [2.24, 2.45) is 5.92 Å². The summed E-state index contributed by atoms with van der Waals surface area (Å²) in [6.45, 7) is 5.97. The Hall–Kier alpha value is -1.55. The number of anilines is 1. The Morgan fingerprint density at radius 1 is 1.38 bits per heavy atom. The number of rotatable bonds is 6. The van der Waals surface area contributed by atoms with E-state index in [2.05, 4.69) is 29.4 Å². The Morgan fingerprint density at radius 3 is 2.76 bits per heavy atom. The van der Waals surface area contributed by atoms with Gasteiger partial charge in [0, 0.05) is 24.8 Å². The van der Waals surface area contributed by atoms with Crippen molar-refractivity contribution in [1.82, 2.24) is 10.2 Å². The van der Waals surface area contributed by atoms with Gasteiger partial charge in [-0.25, -0.2) is 0 Å². The molecule has 0 fully saturated rings. The second-order valence-electron chi connectivity index (χ2n) is 6.62. The molecule has 2 N–H and O–H groups in total. The number of likely N-dealkylation sites (N-methyl/N-ethyl adjacent to an activating group) is 1. The quantitative estimate of drug-likeness (QED) is 0.844. The highest BCUT2D eigenvalue weighted by Crippen LogP contribution is 2.31. The van der Waals surface area contributed by atoms with Crippen LogP contribution in [0.3, 0.4) is 0 Å². The van der Waals surface area contributed by atoms with E-state index in [0.717, 1.165) is 24.2 Å². The van der Waals surface area contributed by atoms with E-state index < -0.39 is 0 Å². The molecule has 2 atom stereocenters. The number of carbonyl (C=O) groups is 1. The zero-order valence-electron chi connectivity index (χ0n) is 13.5. The largest absolute Gasteiger partial charge is 0.384 e. The maximum absolute atomic E-state index is 12.6. The lowest BCUT2D eigenvalue weighted by Crippen LogP contribution is -2.44. The fraction of sp³-hybridized carbons (Fsp3) is 0.588. The monoisotopic (exact) mass is 289 g/mol. The highest BCUT2D eigenvalue weighted by molar-refractivity contribution is 5.88. The standard InChI is InChI=1S/C17H27N3O/c1-12(2)9-13(11-20(3)4)19-17(21)15-10-18-16-8-6-5-7-14(15)16/h5-8,12-13,15,18H,9-11H2,1-4H3,(H,19,21). The maximum atomic E-state index is 12.6. The third kappa shape index (κ3) is 4.21. The van der Waals surface area contributed by atoms with Crippen molar-refractivity contribution in [3.8, 4) is 0 Å².